The molecule has 0 aliphatic heterocycles. The van der Waals surface area contributed by atoms with E-state index in [2.05, 4.69) is 30.7 Å². The standard InChI is InChI=1S/C16H32N2/c1-15(2)12-10-8-6-5-7-9-11-13-18-16(3)14-17-4/h17-18H,1,3,5-14H2,2,4H3. The zero-order valence-corrected chi connectivity index (χ0v) is 12.5. The van der Waals surface area contributed by atoms with Crippen LogP contribution in [0.2, 0.25) is 0 Å². The molecule has 0 fully saturated rings. The number of likely N-dealkylation sites (N-methyl/N-ethyl adjacent to an activating group) is 1. The van der Waals surface area contributed by atoms with E-state index in [4.69, 9.17) is 0 Å². The van der Waals surface area contributed by atoms with Gasteiger partial charge in [0.25, 0.3) is 0 Å². The van der Waals surface area contributed by atoms with Crippen molar-refractivity contribution in [3.63, 3.8) is 0 Å². The summed E-state index contributed by atoms with van der Waals surface area (Å²) in [6.45, 7) is 11.9. The molecule has 0 aromatic heterocycles. The fourth-order valence-corrected chi connectivity index (χ4v) is 1.98. The fraction of sp³-hybridized carbons (Fsp3) is 0.750. The van der Waals surface area contributed by atoms with E-state index in [1.165, 1.54) is 56.9 Å². The van der Waals surface area contributed by atoms with Gasteiger partial charge in [0.05, 0.1) is 0 Å². The molecule has 0 spiro atoms. The van der Waals surface area contributed by atoms with Crippen LogP contribution in [-0.2, 0) is 0 Å². The Morgan fingerprint density at radius 3 is 2.00 bits per heavy atom. The SMILES string of the molecule is C=C(C)CCCCCCCCCNC(=C)CNC. The van der Waals surface area contributed by atoms with Crippen molar-refractivity contribution < 1.29 is 0 Å². The Hall–Kier alpha value is -0.760. The zero-order chi connectivity index (χ0) is 13.6. The molecule has 0 radical (unpaired) electrons. The van der Waals surface area contributed by atoms with E-state index >= 15 is 0 Å². The van der Waals surface area contributed by atoms with Gasteiger partial charge < -0.3 is 10.6 Å². The van der Waals surface area contributed by atoms with E-state index < -0.39 is 0 Å². The molecule has 0 aromatic carbocycles. The van der Waals surface area contributed by atoms with Gasteiger partial charge in [-0.25, -0.2) is 0 Å². The lowest BCUT2D eigenvalue weighted by atomic mass is 10.1. The van der Waals surface area contributed by atoms with Gasteiger partial charge in [0.2, 0.25) is 0 Å². The van der Waals surface area contributed by atoms with Gasteiger partial charge in [0.1, 0.15) is 0 Å². The summed E-state index contributed by atoms with van der Waals surface area (Å²) in [5, 5.41) is 6.43. The summed E-state index contributed by atoms with van der Waals surface area (Å²) in [6.07, 6.45) is 10.6. The van der Waals surface area contributed by atoms with Gasteiger partial charge in [0.15, 0.2) is 0 Å². The van der Waals surface area contributed by atoms with Crippen LogP contribution in [0, 0.1) is 0 Å². The summed E-state index contributed by atoms with van der Waals surface area (Å²) in [5.41, 5.74) is 2.42. The van der Waals surface area contributed by atoms with Crippen molar-refractivity contribution in [2.75, 3.05) is 20.1 Å². The van der Waals surface area contributed by atoms with Crippen molar-refractivity contribution in [3.05, 3.63) is 24.4 Å². The van der Waals surface area contributed by atoms with E-state index in [-0.39, 0.29) is 0 Å². The average molecular weight is 252 g/mol. The summed E-state index contributed by atoms with van der Waals surface area (Å²) in [7, 11) is 1.95. The number of unbranched alkanes of at least 4 members (excludes halogenated alkanes) is 6. The minimum absolute atomic E-state index is 0.864. The number of nitrogens with one attached hydrogen (secondary N) is 2. The normalized spacial score (nSPS) is 10.3. The third-order valence-corrected chi connectivity index (χ3v) is 3.05. The summed E-state index contributed by atoms with van der Waals surface area (Å²) in [5.74, 6) is 0. The molecule has 0 aromatic rings. The highest BCUT2D eigenvalue weighted by molar-refractivity contribution is 4.92. The van der Waals surface area contributed by atoms with Crippen molar-refractivity contribution in [1.29, 1.82) is 0 Å². The van der Waals surface area contributed by atoms with Crippen LogP contribution in [0.3, 0.4) is 0 Å². The number of hydrogen-bond donors (Lipinski definition) is 2. The highest BCUT2D eigenvalue weighted by Gasteiger charge is 1.94. The first kappa shape index (κ1) is 17.2. The third-order valence-electron chi connectivity index (χ3n) is 3.05. The Labute approximate surface area is 114 Å². The summed E-state index contributed by atoms with van der Waals surface area (Å²) < 4.78 is 0. The monoisotopic (exact) mass is 252 g/mol. The maximum atomic E-state index is 3.95. The molecule has 2 heteroatoms. The highest BCUT2D eigenvalue weighted by atomic mass is 14.9. The largest absolute Gasteiger partial charge is 0.388 e. The molecule has 2 N–H and O–H groups in total. The van der Waals surface area contributed by atoms with Crippen molar-refractivity contribution in [2.45, 2.75) is 58.3 Å². The second kappa shape index (κ2) is 12.7. The molecule has 0 atom stereocenters. The summed E-state index contributed by atoms with van der Waals surface area (Å²) in [6, 6.07) is 0. The Balaban J connectivity index is 3.07. The lowest BCUT2D eigenvalue weighted by Gasteiger charge is -2.08. The van der Waals surface area contributed by atoms with Crippen molar-refractivity contribution >= 4 is 0 Å². The average Bonchev–Trinajstić information content (AvgIpc) is 2.31. The predicted molar refractivity (Wildman–Crippen MR) is 82.8 cm³/mol. The third kappa shape index (κ3) is 13.3. The smallest absolute Gasteiger partial charge is 0.0345 e. The lowest BCUT2D eigenvalue weighted by Crippen LogP contribution is -2.22. The molecular formula is C16H32N2. The molecule has 18 heavy (non-hydrogen) atoms. The van der Waals surface area contributed by atoms with E-state index in [0.29, 0.717) is 0 Å². The van der Waals surface area contributed by atoms with Crippen LogP contribution >= 0.6 is 0 Å². The molecule has 0 rings (SSSR count). The van der Waals surface area contributed by atoms with Gasteiger partial charge in [-0.15, -0.1) is 6.58 Å². The molecule has 0 amide bonds. The van der Waals surface area contributed by atoms with Crippen LogP contribution in [-0.4, -0.2) is 20.1 Å². The fourth-order valence-electron chi connectivity index (χ4n) is 1.98. The van der Waals surface area contributed by atoms with Gasteiger partial charge in [-0.2, -0.15) is 0 Å². The van der Waals surface area contributed by atoms with Crippen LogP contribution in [0.25, 0.3) is 0 Å². The summed E-state index contributed by atoms with van der Waals surface area (Å²) >= 11 is 0. The van der Waals surface area contributed by atoms with Crippen molar-refractivity contribution in [3.8, 4) is 0 Å². The van der Waals surface area contributed by atoms with E-state index in [9.17, 15) is 0 Å². The Morgan fingerprint density at radius 2 is 1.44 bits per heavy atom. The Bertz CT molecular complexity index is 221. The quantitative estimate of drug-likeness (QED) is 0.382. The second-order valence-corrected chi connectivity index (χ2v) is 5.24. The highest BCUT2D eigenvalue weighted by Crippen LogP contribution is 2.10. The molecular weight excluding hydrogens is 220 g/mol. The molecule has 0 aliphatic carbocycles. The maximum Gasteiger partial charge on any atom is 0.0345 e. The number of hydrogen-bond acceptors (Lipinski definition) is 2. The van der Waals surface area contributed by atoms with Crippen LogP contribution in [0.5, 0.6) is 0 Å². The first-order valence-electron chi connectivity index (χ1n) is 7.37. The Morgan fingerprint density at radius 1 is 0.889 bits per heavy atom. The van der Waals surface area contributed by atoms with Crippen LogP contribution < -0.4 is 10.6 Å². The molecule has 2 nitrogen and oxygen atoms in total. The first-order chi connectivity index (χ1) is 8.66. The van der Waals surface area contributed by atoms with E-state index in [1.807, 2.05) is 7.05 Å². The molecule has 0 saturated carbocycles. The minimum atomic E-state index is 0.864. The van der Waals surface area contributed by atoms with Gasteiger partial charge in [0, 0.05) is 18.8 Å². The van der Waals surface area contributed by atoms with E-state index in [1.54, 1.807) is 0 Å². The van der Waals surface area contributed by atoms with Crippen LogP contribution in [0.15, 0.2) is 24.4 Å². The number of rotatable bonds is 13. The zero-order valence-electron chi connectivity index (χ0n) is 12.5. The van der Waals surface area contributed by atoms with Gasteiger partial charge >= 0.3 is 0 Å². The maximum absolute atomic E-state index is 3.95. The lowest BCUT2D eigenvalue weighted by molar-refractivity contribution is 0.568. The first-order valence-corrected chi connectivity index (χ1v) is 7.37. The molecule has 106 valence electrons. The molecule has 0 bridgehead atoms. The predicted octanol–water partition coefficient (Wildman–Crippen LogP) is 4.01. The van der Waals surface area contributed by atoms with Gasteiger partial charge in [-0.3, -0.25) is 0 Å². The number of allylic oxidation sites excluding steroid dienone is 1. The second-order valence-electron chi connectivity index (χ2n) is 5.24. The topological polar surface area (TPSA) is 24.1 Å². The van der Waals surface area contributed by atoms with Crippen LogP contribution in [0.1, 0.15) is 58.3 Å². The molecule has 0 heterocycles. The van der Waals surface area contributed by atoms with Crippen LogP contribution in [0.4, 0.5) is 0 Å². The van der Waals surface area contributed by atoms with Crippen molar-refractivity contribution in [1.82, 2.24) is 10.6 Å². The molecule has 0 saturated heterocycles. The molecule has 0 unspecified atom stereocenters. The van der Waals surface area contributed by atoms with Gasteiger partial charge in [-0.1, -0.05) is 44.3 Å². The van der Waals surface area contributed by atoms with Crippen molar-refractivity contribution in [2.24, 2.45) is 0 Å². The minimum Gasteiger partial charge on any atom is -0.388 e. The van der Waals surface area contributed by atoms with E-state index in [0.717, 1.165) is 18.8 Å². The summed E-state index contributed by atoms with van der Waals surface area (Å²) in [4.78, 5) is 0. The Kier molecular flexibility index (Phi) is 12.2. The van der Waals surface area contributed by atoms with Gasteiger partial charge in [-0.05, 0) is 33.2 Å². The molecule has 0 aliphatic rings.